The van der Waals surface area contributed by atoms with Gasteiger partial charge in [-0.1, -0.05) is 18.7 Å². The maximum absolute atomic E-state index is 11.6. The molecule has 0 aliphatic carbocycles. The predicted octanol–water partition coefficient (Wildman–Crippen LogP) is 0.979. The van der Waals surface area contributed by atoms with Gasteiger partial charge < -0.3 is 9.73 Å². The highest BCUT2D eigenvalue weighted by molar-refractivity contribution is 7.99. The summed E-state index contributed by atoms with van der Waals surface area (Å²) >= 11 is 1.16. The van der Waals surface area contributed by atoms with E-state index >= 15 is 0 Å². The first-order valence-electron chi connectivity index (χ1n) is 6.85. The van der Waals surface area contributed by atoms with Gasteiger partial charge in [0.15, 0.2) is 9.84 Å². The molecule has 9 heteroatoms. The van der Waals surface area contributed by atoms with Crippen LogP contribution < -0.4 is 5.32 Å². The quantitative estimate of drug-likeness (QED) is 0.774. The Morgan fingerprint density at radius 1 is 1.52 bits per heavy atom. The zero-order valence-corrected chi connectivity index (χ0v) is 13.7. The van der Waals surface area contributed by atoms with E-state index in [1.807, 2.05) is 13.8 Å². The van der Waals surface area contributed by atoms with Crippen LogP contribution in [0.4, 0.5) is 0 Å². The lowest BCUT2D eigenvalue weighted by Gasteiger charge is -2.09. The Balaban J connectivity index is 1.85. The van der Waals surface area contributed by atoms with Crippen LogP contribution in [0.15, 0.2) is 9.64 Å². The number of hydrogen-bond acceptors (Lipinski definition) is 7. The first kappa shape index (κ1) is 16.3. The zero-order chi connectivity index (χ0) is 15.5. The summed E-state index contributed by atoms with van der Waals surface area (Å²) in [7, 11) is -2.98. The Labute approximate surface area is 128 Å². The van der Waals surface area contributed by atoms with Gasteiger partial charge in [-0.15, -0.1) is 10.2 Å². The first-order chi connectivity index (χ1) is 9.89. The molecule has 1 aliphatic heterocycles. The van der Waals surface area contributed by atoms with Gasteiger partial charge in [-0.05, 0) is 19.8 Å². The largest absolute Gasteiger partial charge is 0.416 e. The van der Waals surface area contributed by atoms with Crippen LogP contribution in [0.2, 0.25) is 0 Å². The number of carbonyl (C=O) groups is 1. The molecule has 1 amide bonds. The molecule has 1 aromatic heterocycles. The van der Waals surface area contributed by atoms with Crippen molar-refractivity contribution in [2.75, 3.05) is 17.3 Å². The molecular formula is C12H19N3O4S2. The zero-order valence-electron chi connectivity index (χ0n) is 12.0. The lowest BCUT2D eigenvalue weighted by molar-refractivity contribution is -0.119. The number of aromatic nitrogens is 2. The van der Waals surface area contributed by atoms with Gasteiger partial charge in [-0.3, -0.25) is 4.79 Å². The van der Waals surface area contributed by atoms with Crippen molar-refractivity contribution in [1.29, 1.82) is 0 Å². The summed E-state index contributed by atoms with van der Waals surface area (Å²) < 4.78 is 28.3. The van der Waals surface area contributed by atoms with Crippen molar-refractivity contribution < 1.29 is 17.6 Å². The van der Waals surface area contributed by atoms with E-state index in [1.165, 1.54) is 0 Å². The minimum atomic E-state index is -2.98. The average Bonchev–Trinajstić information content (AvgIpc) is 3.02. The first-order valence-corrected chi connectivity index (χ1v) is 9.66. The normalized spacial score (nSPS) is 22.1. The molecule has 0 spiro atoms. The Hall–Kier alpha value is -1.09. The van der Waals surface area contributed by atoms with E-state index in [4.69, 9.17) is 4.42 Å². The molecule has 0 unspecified atom stereocenters. The summed E-state index contributed by atoms with van der Waals surface area (Å²) in [5.74, 6) is 0.479. The SMILES string of the molecule is CC[C@H](C)NC(=O)CSc1nnc([C@H]2CCS(=O)(=O)C2)o1. The molecule has 7 nitrogen and oxygen atoms in total. The van der Waals surface area contributed by atoms with Crippen LogP contribution in [0.3, 0.4) is 0 Å². The van der Waals surface area contributed by atoms with Crippen molar-refractivity contribution >= 4 is 27.5 Å². The van der Waals surface area contributed by atoms with Crippen LogP contribution in [0.25, 0.3) is 0 Å². The molecule has 0 bridgehead atoms. The third-order valence-corrected chi connectivity index (χ3v) is 5.94. The summed E-state index contributed by atoms with van der Waals surface area (Å²) in [6.07, 6.45) is 1.39. The van der Waals surface area contributed by atoms with Crippen LogP contribution in [0, 0.1) is 0 Å². The molecular weight excluding hydrogens is 314 g/mol. The number of nitrogens with zero attached hydrogens (tertiary/aromatic N) is 2. The molecule has 0 aromatic carbocycles. The topological polar surface area (TPSA) is 102 Å². The second-order valence-corrected chi connectivity index (χ2v) is 8.33. The van der Waals surface area contributed by atoms with Gasteiger partial charge in [0.1, 0.15) is 0 Å². The van der Waals surface area contributed by atoms with Gasteiger partial charge in [0, 0.05) is 6.04 Å². The second-order valence-electron chi connectivity index (χ2n) is 5.17. The maximum atomic E-state index is 11.6. The molecule has 1 N–H and O–H groups in total. The highest BCUT2D eigenvalue weighted by Crippen LogP contribution is 2.29. The molecule has 2 rings (SSSR count). The molecule has 118 valence electrons. The smallest absolute Gasteiger partial charge is 0.277 e. The number of thioether (sulfide) groups is 1. The molecule has 2 atom stereocenters. The number of amides is 1. The molecule has 1 aromatic rings. The number of sulfone groups is 1. The summed E-state index contributed by atoms with van der Waals surface area (Å²) in [5.41, 5.74) is 0. The molecule has 2 heterocycles. The van der Waals surface area contributed by atoms with Crippen molar-refractivity contribution in [3.05, 3.63) is 5.89 Å². The minimum absolute atomic E-state index is 0.0633. The van der Waals surface area contributed by atoms with Gasteiger partial charge in [0.05, 0.1) is 23.2 Å². The molecule has 1 saturated heterocycles. The second kappa shape index (κ2) is 6.78. The van der Waals surface area contributed by atoms with Crippen molar-refractivity contribution in [2.24, 2.45) is 0 Å². The van der Waals surface area contributed by atoms with Gasteiger partial charge in [-0.2, -0.15) is 0 Å². The third kappa shape index (κ3) is 4.70. The molecule has 0 saturated carbocycles. The molecule has 1 fully saturated rings. The fourth-order valence-corrected chi connectivity index (χ4v) is 4.29. The lowest BCUT2D eigenvalue weighted by atomic mass is 10.1. The monoisotopic (exact) mass is 333 g/mol. The maximum Gasteiger partial charge on any atom is 0.277 e. The van der Waals surface area contributed by atoms with E-state index in [0.29, 0.717) is 17.5 Å². The molecule has 1 aliphatic rings. The van der Waals surface area contributed by atoms with Gasteiger partial charge in [-0.25, -0.2) is 8.42 Å². The Bertz CT molecular complexity index is 599. The molecule has 0 radical (unpaired) electrons. The standard InChI is InChI=1S/C12H19N3O4S2/c1-3-8(2)13-10(16)6-20-12-15-14-11(19-12)9-4-5-21(17,18)7-9/h8-9H,3-7H2,1-2H3,(H,13,16)/t8-,9-/m0/s1. The van der Waals surface area contributed by atoms with Crippen molar-refractivity contribution in [1.82, 2.24) is 15.5 Å². The van der Waals surface area contributed by atoms with E-state index < -0.39 is 9.84 Å². The summed E-state index contributed by atoms with van der Waals surface area (Å²) in [6.45, 7) is 3.94. The third-order valence-electron chi connectivity index (χ3n) is 3.35. The van der Waals surface area contributed by atoms with Crippen molar-refractivity contribution in [2.45, 2.75) is 43.9 Å². The van der Waals surface area contributed by atoms with Crippen LogP contribution in [0.1, 0.15) is 38.5 Å². The van der Waals surface area contributed by atoms with E-state index in [0.717, 1.165) is 18.2 Å². The fourth-order valence-electron chi connectivity index (χ4n) is 1.98. The van der Waals surface area contributed by atoms with Crippen LogP contribution in [-0.4, -0.2) is 47.8 Å². The Kier molecular flexibility index (Phi) is 5.26. The molecule has 21 heavy (non-hydrogen) atoms. The summed E-state index contributed by atoms with van der Waals surface area (Å²) in [4.78, 5) is 11.6. The van der Waals surface area contributed by atoms with Gasteiger partial charge in [0.2, 0.25) is 11.8 Å². The minimum Gasteiger partial charge on any atom is -0.416 e. The highest BCUT2D eigenvalue weighted by Gasteiger charge is 2.32. The summed E-state index contributed by atoms with van der Waals surface area (Å²) in [6, 6.07) is 0.139. The predicted molar refractivity (Wildman–Crippen MR) is 78.9 cm³/mol. The van der Waals surface area contributed by atoms with Crippen LogP contribution in [0.5, 0.6) is 0 Å². The highest BCUT2D eigenvalue weighted by atomic mass is 32.2. The van der Waals surface area contributed by atoms with E-state index in [9.17, 15) is 13.2 Å². The number of carbonyl (C=O) groups excluding carboxylic acids is 1. The van der Waals surface area contributed by atoms with Crippen molar-refractivity contribution in [3.63, 3.8) is 0 Å². The number of hydrogen-bond donors (Lipinski definition) is 1. The van der Waals surface area contributed by atoms with Gasteiger partial charge in [0.25, 0.3) is 5.22 Å². The van der Waals surface area contributed by atoms with Crippen LogP contribution >= 0.6 is 11.8 Å². The van der Waals surface area contributed by atoms with Gasteiger partial charge >= 0.3 is 0 Å². The summed E-state index contributed by atoms with van der Waals surface area (Å²) in [5, 5.41) is 10.9. The average molecular weight is 333 g/mol. The number of rotatable bonds is 6. The Morgan fingerprint density at radius 2 is 2.29 bits per heavy atom. The Morgan fingerprint density at radius 3 is 2.90 bits per heavy atom. The number of nitrogens with one attached hydrogen (secondary N) is 1. The lowest BCUT2D eigenvalue weighted by Crippen LogP contribution is -2.33. The van der Waals surface area contributed by atoms with Crippen LogP contribution in [-0.2, 0) is 14.6 Å². The van der Waals surface area contributed by atoms with Crippen molar-refractivity contribution in [3.8, 4) is 0 Å². The fraction of sp³-hybridized carbons (Fsp3) is 0.750. The van der Waals surface area contributed by atoms with E-state index in [1.54, 1.807) is 0 Å². The van der Waals surface area contributed by atoms with E-state index in [2.05, 4.69) is 15.5 Å². The van der Waals surface area contributed by atoms with E-state index in [-0.39, 0.29) is 35.1 Å².